The number of nitrogens with zero attached hydrogens (tertiary/aromatic N) is 1. The maximum absolute atomic E-state index is 13.1. The van der Waals surface area contributed by atoms with Gasteiger partial charge < -0.3 is 10.6 Å². The average Bonchev–Trinajstić information content (AvgIpc) is 2.38. The summed E-state index contributed by atoms with van der Waals surface area (Å²) >= 11 is 0. The summed E-state index contributed by atoms with van der Waals surface area (Å²) in [5.41, 5.74) is 6.76. The molecule has 1 heterocycles. The molecule has 1 fully saturated rings. The van der Waals surface area contributed by atoms with Gasteiger partial charge in [-0.3, -0.25) is 4.79 Å². The van der Waals surface area contributed by atoms with E-state index < -0.39 is 0 Å². The van der Waals surface area contributed by atoms with Crippen LogP contribution in [-0.2, 0) is 11.2 Å². The molecule has 0 radical (unpaired) electrons. The van der Waals surface area contributed by atoms with Crippen LogP contribution in [0.4, 0.5) is 4.39 Å². The van der Waals surface area contributed by atoms with Crippen LogP contribution in [0.1, 0.15) is 25.3 Å². The molecular formula is C15H21FN2O. The molecule has 19 heavy (non-hydrogen) atoms. The van der Waals surface area contributed by atoms with E-state index in [1.165, 1.54) is 12.1 Å². The minimum Gasteiger partial charge on any atom is -0.341 e. The van der Waals surface area contributed by atoms with Crippen molar-refractivity contribution in [1.29, 1.82) is 0 Å². The highest BCUT2D eigenvalue weighted by Crippen LogP contribution is 2.16. The van der Waals surface area contributed by atoms with Gasteiger partial charge in [-0.15, -0.1) is 0 Å². The molecule has 0 bridgehead atoms. The van der Waals surface area contributed by atoms with Crippen molar-refractivity contribution in [1.82, 2.24) is 4.90 Å². The van der Waals surface area contributed by atoms with Crippen molar-refractivity contribution in [3.63, 3.8) is 0 Å². The Labute approximate surface area is 113 Å². The van der Waals surface area contributed by atoms with Crippen molar-refractivity contribution in [2.75, 3.05) is 13.1 Å². The lowest BCUT2D eigenvalue weighted by molar-refractivity contribution is -0.136. The molecule has 2 atom stereocenters. The Morgan fingerprint density at radius 3 is 3.05 bits per heavy atom. The number of nitrogens with two attached hydrogens (primary N) is 1. The highest BCUT2D eigenvalue weighted by molar-refractivity contribution is 5.79. The van der Waals surface area contributed by atoms with Crippen molar-refractivity contribution < 1.29 is 9.18 Å². The largest absolute Gasteiger partial charge is 0.341 e. The summed E-state index contributed by atoms with van der Waals surface area (Å²) in [5, 5.41) is 0. The zero-order valence-electron chi connectivity index (χ0n) is 11.3. The second-order valence-corrected chi connectivity index (χ2v) is 5.42. The normalized spacial score (nSPS) is 21.2. The van der Waals surface area contributed by atoms with Gasteiger partial charge in [0.05, 0.1) is 0 Å². The summed E-state index contributed by atoms with van der Waals surface area (Å²) in [7, 11) is 0. The number of carbonyl (C=O) groups is 1. The number of piperidine rings is 1. The quantitative estimate of drug-likeness (QED) is 0.907. The zero-order chi connectivity index (χ0) is 13.8. The molecule has 2 unspecified atom stereocenters. The lowest BCUT2D eigenvalue weighted by atomic mass is 9.98. The highest BCUT2D eigenvalue weighted by Gasteiger charge is 2.25. The van der Waals surface area contributed by atoms with Gasteiger partial charge in [0.15, 0.2) is 0 Å². The van der Waals surface area contributed by atoms with Crippen LogP contribution in [-0.4, -0.2) is 29.9 Å². The topological polar surface area (TPSA) is 46.3 Å². The van der Waals surface area contributed by atoms with Crippen LogP contribution >= 0.6 is 0 Å². The lowest BCUT2D eigenvalue weighted by Gasteiger charge is -2.32. The molecule has 1 aliphatic rings. The van der Waals surface area contributed by atoms with E-state index in [4.69, 9.17) is 5.73 Å². The molecular weight excluding hydrogens is 243 g/mol. The van der Waals surface area contributed by atoms with E-state index >= 15 is 0 Å². The molecule has 0 aromatic heterocycles. The second kappa shape index (κ2) is 6.15. The third kappa shape index (κ3) is 3.77. The van der Waals surface area contributed by atoms with Gasteiger partial charge in [-0.25, -0.2) is 4.39 Å². The first-order valence-electron chi connectivity index (χ1n) is 6.85. The van der Waals surface area contributed by atoms with Crippen LogP contribution in [0.2, 0.25) is 0 Å². The predicted octanol–water partition coefficient (Wildman–Crippen LogP) is 1.95. The monoisotopic (exact) mass is 264 g/mol. The summed E-state index contributed by atoms with van der Waals surface area (Å²) in [6, 6.07) is 6.54. The molecule has 1 aromatic carbocycles. The first-order valence-corrected chi connectivity index (χ1v) is 6.85. The SMILES string of the molecule is CC(Cc1cccc(F)c1)C(=O)N1CCCC(N)C1. The molecule has 1 amide bonds. The van der Waals surface area contributed by atoms with E-state index in [1.54, 1.807) is 6.07 Å². The number of likely N-dealkylation sites (tertiary alicyclic amines) is 1. The van der Waals surface area contributed by atoms with Crippen molar-refractivity contribution in [2.45, 2.75) is 32.2 Å². The average molecular weight is 264 g/mol. The van der Waals surface area contributed by atoms with Crippen LogP contribution in [0.3, 0.4) is 0 Å². The van der Waals surface area contributed by atoms with Crippen LogP contribution in [0.15, 0.2) is 24.3 Å². The lowest BCUT2D eigenvalue weighted by Crippen LogP contribution is -2.47. The van der Waals surface area contributed by atoms with Gasteiger partial charge in [0.2, 0.25) is 5.91 Å². The second-order valence-electron chi connectivity index (χ2n) is 5.42. The molecule has 2 N–H and O–H groups in total. The Morgan fingerprint density at radius 2 is 2.37 bits per heavy atom. The van der Waals surface area contributed by atoms with Crippen LogP contribution in [0, 0.1) is 11.7 Å². The van der Waals surface area contributed by atoms with Gasteiger partial charge >= 0.3 is 0 Å². The third-order valence-electron chi connectivity index (χ3n) is 3.62. The Hall–Kier alpha value is -1.42. The minimum absolute atomic E-state index is 0.0964. The first-order chi connectivity index (χ1) is 9.06. The highest BCUT2D eigenvalue weighted by atomic mass is 19.1. The van der Waals surface area contributed by atoms with E-state index in [0.717, 1.165) is 24.9 Å². The van der Waals surface area contributed by atoms with Gasteiger partial charge in [-0.05, 0) is 37.0 Å². The fourth-order valence-electron chi connectivity index (χ4n) is 2.63. The van der Waals surface area contributed by atoms with Gasteiger partial charge in [-0.2, -0.15) is 0 Å². The molecule has 1 saturated heterocycles. The molecule has 4 heteroatoms. The van der Waals surface area contributed by atoms with Crippen LogP contribution in [0.25, 0.3) is 0 Å². The van der Waals surface area contributed by atoms with Crippen LogP contribution in [0.5, 0.6) is 0 Å². The Kier molecular flexibility index (Phi) is 4.53. The van der Waals surface area contributed by atoms with E-state index in [9.17, 15) is 9.18 Å². The summed E-state index contributed by atoms with van der Waals surface area (Å²) in [6.45, 7) is 3.33. The summed E-state index contributed by atoms with van der Waals surface area (Å²) in [5.74, 6) is -0.261. The molecule has 2 rings (SSSR count). The van der Waals surface area contributed by atoms with Gasteiger partial charge in [0, 0.05) is 25.0 Å². The molecule has 1 aliphatic heterocycles. The van der Waals surface area contributed by atoms with E-state index in [1.807, 2.05) is 17.9 Å². The number of hydrogen-bond acceptors (Lipinski definition) is 2. The summed E-state index contributed by atoms with van der Waals surface area (Å²) in [4.78, 5) is 14.2. The standard InChI is InChI=1S/C15H21FN2O/c1-11(8-12-4-2-5-13(16)9-12)15(19)18-7-3-6-14(17)10-18/h2,4-5,9,11,14H,3,6-8,10,17H2,1H3. The van der Waals surface area contributed by atoms with E-state index in [-0.39, 0.29) is 23.7 Å². The Bertz CT molecular complexity index is 450. The third-order valence-corrected chi connectivity index (χ3v) is 3.62. The molecule has 3 nitrogen and oxygen atoms in total. The van der Waals surface area contributed by atoms with Gasteiger partial charge in [0.25, 0.3) is 0 Å². The minimum atomic E-state index is -0.253. The number of hydrogen-bond donors (Lipinski definition) is 1. The maximum atomic E-state index is 13.1. The predicted molar refractivity (Wildman–Crippen MR) is 73.1 cm³/mol. The molecule has 0 saturated carbocycles. The molecule has 0 aliphatic carbocycles. The van der Waals surface area contributed by atoms with Gasteiger partial charge in [0.1, 0.15) is 5.82 Å². The smallest absolute Gasteiger partial charge is 0.225 e. The zero-order valence-corrected chi connectivity index (χ0v) is 11.3. The van der Waals surface area contributed by atoms with E-state index in [2.05, 4.69) is 0 Å². The van der Waals surface area contributed by atoms with Crippen molar-refractivity contribution in [2.24, 2.45) is 11.7 Å². The Morgan fingerprint density at radius 1 is 1.58 bits per heavy atom. The fraction of sp³-hybridized carbons (Fsp3) is 0.533. The first kappa shape index (κ1) is 14.0. The van der Waals surface area contributed by atoms with Crippen molar-refractivity contribution in [3.05, 3.63) is 35.6 Å². The van der Waals surface area contributed by atoms with E-state index in [0.29, 0.717) is 13.0 Å². The number of carbonyl (C=O) groups excluding carboxylic acids is 1. The number of rotatable bonds is 3. The summed E-state index contributed by atoms with van der Waals surface area (Å²) in [6.07, 6.45) is 2.53. The van der Waals surface area contributed by atoms with Crippen molar-refractivity contribution in [3.8, 4) is 0 Å². The molecule has 104 valence electrons. The maximum Gasteiger partial charge on any atom is 0.225 e. The molecule has 1 aromatic rings. The Balaban J connectivity index is 1.95. The number of benzene rings is 1. The van der Waals surface area contributed by atoms with Crippen LogP contribution < -0.4 is 5.73 Å². The molecule has 0 spiro atoms. The summed E-state index contributed by atoms with van der Waals surface area (Å²) < 4.78 is 13.1. The van der Waals surface area contributed by atoms with Gasteiger partial charge in [-0.1, -0.05) is 19.1 Å². The number of halogens is 1. The number of amides is 1. The fourth-order valence-corrected chi connectivity index (χ4v) is 2.63. The van der Waals surface area contributed by atoms with Crippen molar-refractivity contribution >= 4 is 5.91 Å².